The Hall–Kier alpha value is -4.19. The van der Waals surface area contributed by atoms with Gasteiger partial charge in [0.05, 0.1) is 0 Å². The minimum atomic E-state index is -0.790. The van der Waals surface area contributed by atoms with Crippen LogP contribution in [0.2, 0.25) is 0 Å². The van der Waals surface area contributed by atoms with Gasteiger partial charge in [-0.3, -0.25) is 14.4 Å². The number of allylic oxidation sites excluding steroid dienone is 20. The second kappa shape index (κ2) is 66.3. The second-order valence-electron chi connectivity index (χ2n) is 21.6. The Morgan fingerprint density at radius 3 is 0.835 bits per heavy atom. The van der Waals surface area contributed by atoms with Gasteiger partial charge in [0.15, 0.2) is 6.10 Å². The van der Waals surface area contributed by atoms with Gasteiger partial charge in [-0.05, 0) is 128 Å². The molecule has 0 aromatic heterocycles. The lowest BCUT2D eigenvalue weighted by molar-refractivity contribution is -0.167. The van der Waals surface area contributed by atoms with Crippen LogP contribution in [0.15, 0.2) is 122 Å². The van der Waals surface area contributed by atoms with Gasteiger partial charge in [0.1, 0.15) is 13.2 Å². The molecule has 1 unspecified atom stereocenters. The van der Waals surface area contributed by atoms with Gasteiger partial charge >= 0.3 is 17.9 Å². The Morgan fingerprint density at radius 1 is 0.266 bits per heavy atom. The molecule has 0 spiro atoms. The summed E-state index contributed by atoms with van der Waals surface area (Å²) in [7, 11) is 0. The van der Waals surface area contributed by atoms with Crippen molar-refractivity contribution in [1.82, 2.24) is 0 Å². The smallest absolute Gasteiger partial charge is 0.306 e. The van der Waals surface area contributed by atoms with Crippen molar-refractivity contribution in [2.24, 2.45) is 0 Å². The average molecular weight is 1100 g/mol. The summed E-state index contributed by atoms with van der Waals surface area (Å²) in [5.74, 6) is -0.908. The lowest BCUT2D eigenvalue weighted by Gasteiger charge is -2.18. The Kier molecular flexibility index (Phi) is 62.8. The standard InChI is InChI=1S/C73H122O6/c1-4-7-10-13-16-19-22-24-26-28-29-30-31-32-33-34-35-36-37-38-39-40-41-42-43-44-45-46-48-49-51-54-57-60-63-66-72(75)78-69-70(68-77-71(74)65-62-59-56-53-21-18-15-12-9-6-3)79-73(76)67-64-61-58-55-52-50-47-27-25-23-20-17-14-11-8-5-2/h7,10,12,15-16,19-20,23-24,26-27,29-30,32-33,35-36,38-39,47,70H,4-6,8-9,11,13-14,17-18,21-22,25,28,31,34,37,40-46,48-69H2,1-3H3/b10-7-,15-12-,19-16-,23-20-,26-24-,30-29-,33-32-,36-35-,39-38-,47-27-. The lowest BCUT2D eigenvalue weighted by Crippen LogP contribution is -2.30. The highest BCUT2D eigenvalue weighted by Gasteiger charge is 2.19. The van der Waals surface area contributed by atoms with Gasteiger partial charge in [0.2, 0.25) is 0 Å². The van der Waals surface area contributed by atoms with Crippen LogP contribution < -0.4 is 0 Å². The van der Waals surface area contributed by atoms with E-state index in [0.717, 1.165) is 148 Å². The van der Waals surface area contributed by atoms with Crippen molar-refractivity contribution >= 4 is 17.9 Å². The maximum Gasteiger partial charge on any atom is 0.306 e. The zero-order chi connectivity index (χ0) is 57.1. The molecule has 0 saturated carbocycles. The maximum atomic E-state index is 12.9. The molecule has 0 bridgehead atoms. The molecule has 0 aromatic carbocycles. The highest BCUT2D eigenvalue weighted by atomic mass is 16.6. The third-order valence-corrected chi connectivity index (χ3v) is 13.9. The lowest BCUT2D eigenvalue weighted by atomic mass is 10.0. The largest absolute Gasteiger partial charge is 0.462 e. The zero-order valence-electron chi connectivity index (χ0n) is 51.6. The molecule has 0 fully saturated rings. The van der Waals surface area contributed by atoms with Gasteiger partial charge in [-0.25, -0.2) is 0 Å². The summed E-state index contributed by atoms with van der Waals surface area (Å²) in [5, 5.41) is 0. The minimum absolute atomic E-state index is 0.0868. The van der Waals surface area contributed by atoms with Crippen LogP contribution in [0.3, 0.4) is 0 Å². The van der Waals surface area contributed by atoms with Crippen molar-refractivity contribution in [3.05, 3.63) is 122 Å². The summed E-state index contributed by atoms with van der Waals surface area (Å²) in [6.45, 7) is 6.44. The van der Waals surface area contributed by atoms with E-state index in [2.05, 4.69) is 142 Å². The molecular weight excluding hydrogens is 973 g/mol. The summed E-state index contributed by atoms with van der Waals surface area (Å²) in [4.78, 5) is 38.2. The van der Waals surface area contributed by atoms with Crippen LogP contribution in [0.25, 0.3) is 0 Å². The molecule has 0 aliphatic heterocycles. The van der Waals surface area contributed by atoms with E-state index >= 15 is 0 Å². The first kappa shape index (κ1) is 74.8. The fourth-order valence-electron chi connectivity index (χ4n) is 8.99. The van der Waals surface area contributed by atoms with Crippen LogP contribution in [-0.2, 0) is 28.6 Å². The van der Waals surface area contributed by atoms with Crippen molar-refractivity contribution in [1.29, 1.82) is 0 Å². The van der Waals surface area contributed by atoms with Crippen molar-refractivity contribution < 1.29 is 28.6 Å². The van der Waals surface area contributed by atoms with Gasteiger partial charge in [-0.15, -0.1) is 0 Å². The van der Waals surface area contributed by atoms with Gasteiger partial charge in [0, 0.05) is 19.3 Å². The minimum Gasteiger partial charge on any atom is -0.462 e. The van der Waals surface area contributed by atoms with E-state index < -0.39 is 6.10 Å². The molecule has 0 heterocycles. The van der Waals surface area contributed by atoms with Gasteiger partial charge in [-0.1, -0.05) is 277 Å². The molecule has 1 atom stereocenters. The molecule has 6 heteroatoms. The quantitative estimate of drug-likeness (QED) is 0.0261. The predicted molar refractivity (Wildman–Crippen MR) is 343 cm³/mol. The first-order valence-electron chi connectivity index (χ1n) is 33.0. The van der Waals surface area contributed by atoms with E-state index in [1.807, 2.05) is 0 Å². The first-order chi connectivity index (χ1) is 39.0. The number of unbranched alkanes of at least 4 members (excludes halogenated alkanes) is 28. The van der Waals surface area contributed by atoms with E-state index in [4.69, 9.17) is 14.2 Å². The first-order valence-corrected chi connectivity index (χ1v) is 33.0. The molecular formula is C73H122O6. The van der Waals surface area contributed by atoms with Crippen LogP contribution in [0.5, 0.6) is 0 Å². The van der Waals surface area contributed by atoms with Gasteiger partial charge < -0.3 is 14.2 Å². The number of esters is 3. The molecule has 79 heavy (non-hydrogen) atoms. The monoisotopic (exact) mass is 1090 g/mol. The highest BCUT2D eigenvalue weighted by molar-refractivity contribution is 5.71. The van der Waals surface area contributed by atoms with Crippen LogP contribution in [-0.4, -0.2) is 37.2 Å². The fraction of sp³-hybridized carbons (Fsp3) is 0.685. The molecule has 0 radical (unpaired) electrons. The average Bonchev–Trinajstić information content (AvgIpc) is 3.45. The molecule has 6 nitrogen and oxygen atoms in total. The van der Waals surface area contributed by atoms with E-state index in [-0.39, 0.29) is 31.1 Å². The van der Waals surface area contributed by atoms with Gasteiger partial charge in [-0.2, -0.15) is 0 Å². The maximum absolute atomic E-state index is 12.9. The Balaban J connectivity index is 4.15. The molecule has 0 saturated heterocycles. The Morgan fingerprint density at radius 2 is 0.519 bits per heavy atom. The summed E-state index contributed by atoms with van der Waals surface area (Å²) in [6.07, 6.45) is 92.3. The molecule has 0 N–H and O–H groups in total. The molecule has 0 aliphatic carbocycles. The second-order valence-corrected chi connectivity index (χ2v) is 21.6. The van der Waals surface area contributed by atoms with Crippen molar-refractivity contribution in [2.75, 3.05) is 13.2 Å². The molecule has 0 amide bonds. The Labute approximate surface area is 488 Å². The van der Waals surface area contributed by atoms with Crippen molar-refractivity contribution in [3.8, 4) is 0 Å². The molecule has 450 valence electrons. The van der Waals surface area contributed by atoms with E-state index in [1.54, 1.807) is 0 Å². The number of rotatable bonds is 59. The summed E-state index contributed by atoms with van der Waals surface area (Å²) < 4.78 is 16.9. The molecule has 0 rings (SSSR count). The highest BCUT2D eigenvalue weighted by Crippen LogP contribution is 2.16. The van der Waals surface area contributed by atoms with E-state index in [1.165, 1.54) is 116 Å². The summed E-state index contributed by atoms with van der Waals surface area (Å²) in [5.41, 5.74) is 0. The van der Waals surface area contributed by atoms with Crippen molar-refractivity contribution in [3.63, 3.8) is 0 Å². The molecule has 0 aliphatic rings. The summed E-state index contributed by atoms with van der Waals surface area (Å²) >= 11 is 0. The SMILES string of the molecule is CC/C=C\C/C=C\C/C=C\C/C=C\C/C=C\C/C=C\C/C=C\CCCCCCCCCCCCCCCC(=O)OCC(COC(=O)CCCCCCC/C=C\CCC)OC(=O)CCCCCCC/C=C\C/C=C\CCCCCC. The molecule has 0 aromatic rings. The third kappa shape index (κ3) is 64.5. The van der Waals surface area contributed by atoms with Crippen LogP contribution in [0.4, 0.5) is 0 Å². The predicted octanol–water partition coefficient (Wildman–Crippen LogP) is 22.8. The van der Waals surface area contributed by atoms with Gasteiger partial charge in [0.25, 0.3) is 0 Å². The van der Waals surface area contributed by atoms with E-state index in [9.17, 15) is 14.4 Å². The van der Waals surface area contributed by atoms with Crippen LogP contribution in [0, 0.1) is 0 Å². The summed E-state index contributed by atoms with van der Waals surface area (Å²) in [6, 6.07) is 0. The Bertz CT molecular complexity index is 1640. The normalized spacial score (nSPS) is 12.9. The number of hydrogen-bond acceptors (Lipinski definition) is 6. The number of carbonyl (C=O) groups excluding carboxylic acids is 3. The number of ether oxygens (including phenoxy) is 3. The topological polar surface area (TPSA) is 78.9 Å². The van der Waals surface area contributed by atoms with Crippen LogP contribution >= 0.6 is 0 Å². The zero-order valence-corrected chi connectivity index (χ0v) is 51.6. The van der Waals surface area contributed by atoms with E-state index in [0.29, 0.717) is 19.3 Å². The number of carbonyl (C=O) groups is 3. The third-order valence-electron chi connectivity index (χ3n) is 13.9. The van der Waals surface area contributed by atoms with Crippen molar-refractivity contribution in [2.45, 2.75) is 309 Å². The number of hydrogen-bond donors (Lipinski definition) is 0. The fourth-order valence-corrected chi connectivity index (χ4v) is 8.99. The van der Waals surface area contributed by atoms with Crippen LogP contribution in [0.1, 0.15) is 303 Å².